The van der Waals surface area contributed by atoms with Crippen molar-refractivity contribution in [3.05, 3.63) is 95.1 Å². The summed E-state index contributed by atoms with van der Waals surface area (Å²) >= 11 is 0. The van der Waals surface area contributed by atoms with Crippen LogP contribution in [-0.4, -0.2) is 21.3 Å². The average Bonchev–Trinajstić information content (AvgIpc) is 2.81. The summed E-state index contributed by atoms with van der Waals surface area (Å²) in [7, 11) is 4.93. The monoisotopic (exact) mass is 400 g/mol. The van der Waals surface area contributed by atoms with Gasteiger partial charge in [0.25, 0.3) is 0 Å². The Labute approximate surface area is 177 Å². The zero-order valence-corrected chi connectivity index (χ0v) is 17.3. The van der Waals surface area contributed by atoms with E-state index in [1.807, 2.05) is 54.6 Å². The lowest BCUT2D eigenvalue weighted by Gasteiger charge is -2.27. The topological polar surface area (TPSA) is 36.9 Å². The van der Waals surface area contributed by atoms with Crippen LogP contribution in [0.3, 0.4) is 0 Å². The molecule has 0 aliphatic carbocycles. The molecule has 1 unspecified atom stereocenters. The van der Waals surface area contributed by atoms with Gasteiger partial charge in [-0.2, -0.15) is 0 Å². The molecule has 30 heavy (non-hydrogen) atoms. The minimum Gasteiger partial charge on any atom is -0.493 e. The summed E-state index contributed by atoms with van der Waals surface area (Å²) in [5.41, 5.74) is 4.14. The standard InChI is InChI=1S/C26H24O4/c1-27-22-15-13-18(16-24(22)29-3)12-14-21-17-20-10-7-11-23(28-2)26(20)30-25(21)19-8-5-4-6-9-19/h4-17,25H,1-3H3/b14-12-. The Morgan fingerprint density at radius 3 is 2.23 bits per heavy atom. The van der Waals surface area contributed by atoms with Gasteiger partial charge < -0.3 is 18.9 Å². The highest BCUT2D eigenvalue weighted by Gasteiger charge is 2.25. The maximum absolute atomic E-state index is 6.43. The summed E-state index contributed by atoms with van der Waals surface area (Å²) in [5.74, 6) is 2.89. The summed E-state index contributed by atoms with van der Waals surface area (Å²) in [4.78, 5) is 0. The Morgan fingerprint density at radius 1 is 0.733 bits per heavy atom. The van der Waals surface area contributed by atoms with Gasteiger partial charge in [-0.1, -0.05) is 60.7 Å². The van der Waals surface area contributed by atoms with Crippen LogP contribution >= 0.6 is 0 Å². The van der Waals surface area contributed by atoms with Crippen LogP contribution in [0.25, 0.3) is 12.2 Å². The van der Waals surface area contributed by atoms with E-state index in [4.69, 9.17) is 18.9 Å². The van der Waals surface area contributed by atoms with Crippen molar-refractivity contribution in [2.75, 3.05) is 21.3 Å². The smallest absolute Gasteiger partial charge is 0.169 e. The third-order valence-electron chi connectivity index (χ3n) is 5.07. The molecule has 1 aliphatic heterocycles. The summed E-state index contributed by atoms with van der Waals surface area (Å²) in [5, 5.41) is 0. The molecule has 0 aromatic heterocycles. The highest BCUT2D eigenvalue weighted by molar-refractivity contribution is 5.71. The van der Waals surface area contributed by atoms with E-state index in [1.54, 1.807) is 21.3 Å². The van der Waals surface area contributed by atoms with Crippen molar-refractivity contribution in [2.24, 2.45) is 0 Å². The lowest BCUT2D eigenvalue weighted by molar-refractivity contribution is 0.230. The number of benzene rings is 3. The molecular formula is C26H24O4. The SMILES string of the molecule is COc1ccc(/C=C\C2=Cc3cccc(OC)c3OC2c2ccccc2)cc1OC. The van der Waals surface area contributed by atoms with Gasteiger partial charge in [-0.05, 0) is 41.0 Å². The highest BCUT2D eigenvalue weighted by atomic mass is 16.5. The fraction of sp³-hybridized carbons (Fsp3) is 0.154. The Kier molecular flexibility index (Phi) is 5.75. The molecule has 3 aromatic carbocycles. The number of fused-ring (bicyclic) bond motifs is 1. The highest BCUT2D eigenvalue weighted by Crippen LogP contribution is 2.43. The van der Waals surface area contributed by atoms with Crippen molar-refractivity contribution in [3.8, 4) is 23.0 Å². The van der Waals surface area contributed by atoms with Gasteiger partial charge in [0.2, 0.25) is 0 Å². The molecule has 0 fully saturated rings. The molecule has 0 saturated carbocycles. The predicted molar refractivity (Wildman–Crippen MR) is 119 cm³/mol. The normalized spacial score (nSPS) is 15.2. The molecule has 4 rings (SSSR count). The molecule has 0 saturated heterocycles. The molecule has 152 valence electrons. The molecule has 0 N–H and O–H groups in total. The van der Waals surface area contributed by atoms with Crippen molar-refractivity contribution in [2.45, 2.75) is 6.10 Å². The molecule has 0 spiro atoms. The van der Waals surface area contributed by atoms with Gasteiger partial charge in [0.15, 0.2) is 23.0 Å². The fourth-order valence-corrected chi connectivity index (χ4v) is 3.55. The van der Waals surface area contributed by atoms with E-state index < -0.39 is 0 Å². The van der Waals surface area contributed by atoms with Crippen molar-refractivity contribution in [1.29, 1.82) is 0 Å². The predicted octanol–water partition coefficient (Wildman–Crippen LogP) is 5.94. The van der Waals surface area contributed by atoms with E-state index >= 15 is 0 Å². The fourth-order valence-electron chi connectivity index (χ4n) is 3.55. The quantitative estimate of drug-likeness (QED) is 0.513. The molecule has 1 heterocycles. The first kappa shape index (κ1) is 19.6. The summed E-state index contributed by atoms with van der Waals surface area (Å²) in [6, 6.07) is 22.0. The van der Waals surface area contributed by atoms with Gasteiger partial charge >= 0.3 is 0 Å². The minimum atomic E-state index is -0.230. The lowest BCUT2D eigenvalue weighted by Crippen LogP contribution is -2.14. The van der Waals surface area contributed by atoms with Crippen LogP contribution in [0, 0.1) is 0 Å². The van der Waals surface area contributed by atoms with Crippen molar-refractivity contribution < 1.29 is 18.9 Å². The average molecular weight is 400 g/mol. The number of hydrogen-bond acceptors (Lipinski definition) is 4. The van der Waals surface area contributed by atoms with Gasteiger partial charge in [-0.3, -0.25) is 0 Å². The van der Waals surface area contributed by atoms with Crippen LogP contribution < -0.4 is 18.9 Å². The lowest BCUT2D eigenvalue weighted by atomic mass is 9.95. The van der Waals surface area contributed by atoms with Gasteiger partial charge in [0, 0.05) is 5.56 Å². The Balaban J connectivity index is 1.74. The molecular weight excluding hydrogens is 376 g/mol. The first-order valence-corrected chi connectivity index (χ1v) is 9.74. The van der Waals surface area contributed by atoms with E-state index in [1.165, 1.54) is 0 Å². The molecule has 4 heteroatoms. The van der Waals surface area contributed by atoms with Crippen molar-refractivity contribution in [1.82, 2.24) is 0 Å². The molecule has 0 bridgehead atoms. The molecule has 0 radical (unpaired) electrons. The van der Waals surface area contributed by atoms with Crippen LogP contribution in [0.2, 0.25) is 0 Å². The largest absolute Gasteiger partial charge is 0.493 e. The van der Waals surface area contributed by atoms with E-state index in [0.717, 1.165) is 33.8 Å². The maximum Gasteiger partial charge on any atom is 0.169 e. The van der Waals surface area contributed by atoms with Crippen LogP contribution in [0.5, 0.6) is 23.0 Å². The Morgan fingerprint density at radius 2 is 1.50 bits per heavy atom. The number of hydrogen-bond donors (Lipinski definition) is 0. The van der Waals surface area contributed by atoms with Gasteiger partial charge in [0.1, 0.15) is 6.10 Å². The second-order valence-electron chi connectivity index (χ2n) is 6.88. The van der Waals surface area contributed by atoms with Gasteiger partial charge in [0.05, 0.1) is 21.3 Å². The minimum absolute atomic E-state index is 0.230. The first-order valence-electron chi connectivity index (χ1n) is 9.74. The Bertz CT molecular complexity index is 1080. The molecule has 1 atom stereocenters. The number of ether oxygens (including phenoxy) is 4. The van der Waals surface area contributed by atoms with Crippen LogP contribution in [0.15, 0.2) is 78.4 Å². The molecule has 1 aliphatic rings. The Hall–Kier alpha value is -3.66. The molecule has 0 amide bonds. The zero-order valence-electron chi connectivity index (χ0n) is 17.3. The van der Waals surface area contributed by atoms with E-state index in [9.17, 15) is 0 Å². The van der Waals surface area contributed by atoms with Crippen LogP contribution in [0.1, 0.15) is 22.8 Å². The second-order valence-corrected chi connectivity index (χ2v) is 6.88. The molecule has 3 aromatic rings. The van der Waals surface area contributed by atoms with Gasteiger partial charge in [-0.25, -0.2) is 0 Å². The van der Waals surface area contributed by atoms with E-state index in [-0.39, 0.29) is 6.10 Å². The van der Waals surface area contributed by atoms with Crippen molar-refractivity contribution >= 4 is 12.2 Å². The third-order valence-corrected chi connectivity index (χ3v) is 5.07. The van der Waals surface area contributed by atoms with Crippen LogP contribution in [0.4, 0.5) is 0 Å². The molecule has 4 nitrogen and oxygen atoms in total. The van der Waals surface area contributed by atoms with E-state index in [2.05, 4.69) is 30.4 Å². The van der Waals surface area contributed by atoms with E-state index in [0.29, 0.717) is 11.5 Å². The van der Waals surface area contributed by atoms with Gasteiger partial charge in [-0.15, -0.1) is 0 Å². The third kappa shape index (κ3) is 3.90. The zero-order chi connectivity index (χ0) is 20.9. The van der Waals surface area contributed by atoms with Crippen LogP contribution in [-0.2, 0) is 0 Å². The number of rotatable bonds is 6. The summed E-state index contributed by atoms with van der Waals surface area (Å²) in [6.07, 6.45) is 6.06. The first-order chi connectivity index (χ1) is 14.7. The number of para-hydroxylation sites is 1. The summed E-state index contributed by atoms with van der Waals surface area (Å²) in [6.45, 7) is 0. The number of methoxy groups -OCH3 is 3. The summed E-state index contributed by atoms with van der Waals surface area (Å²) < 4.78 is 22.7. The second kappa shape index (κ2) is 8.78. The maximum atomic E-state index is 6.43. The van der Waals surface area contributed by atoms with Crippen molar-refractivity contribution in [3.63, 3.8) is 0 Å².